The van der Waals surface area contributed by atoms with E-state index >= 15 is 0 Å². The summed E-state index contributed by atoms with van der Waals surface area (Å²) >= 11 is 0. The number of nitrogens with zero attached hydrogens (tertiary/aromatic N) is 4. The van der Waals surface area contributed by atoms with E-state index < -0.39 is 20.3 Å². The summed E-state index contributed by atoms with van der Waals surface area (Å²) in [7, 11) is 0. The van der Waals surface area contributed by atoms with Crippen molar-refractivity contribution in [2.75, 3.05) is 0 Å². The average molecular weight is 352 g/mol. The molecule has 0 aliphatic carbocycles. The summed E-state index contributed by atoms with van der Waals surface area (Å²) < 4.78 is 0. The van der Waals surface area contributed by atoms with Gasteiger partial charge in [-0.3, -0.25) is 0 Å². The van der Waals surface area contributed by atoms with E-state index in [9.17, 15) is 0 Å². The van der Waals surface area contributed by atoms with Crippen LogP contribution in [0.2, 0.25) is 0 Å². The minimum atomic E-state index is -1.75. The predicted octanol–water partition coefficient (Wildman–Crippen LogP) is -1.07. The largest absolute Gasteiger partial charge is 3.00 e. The second kappa shape index (κ2) is 23.3. The van der Waals surface area contributed by atoms with Gasteiger partial charge in [0.15, 0.2) is 0 Å². The Bertz CT molecular complexity index is 159. The van der Waals surface area contributed by atoms with Crippen molar-refractivity contribution >= 4 is 0 Å². The Hall–Kier alpha value is -2.58. The maximum atomic E-state index is 8.36. The van der Waals surface area contributed by atoms with Gasteiger partial charge >= 0.3 is 19.5 Å². The van der Waals surface area contributed by atoms with Crippen molar-refractivity contribution in [1.29, 1.82) is 0 Å². The van der Waals surface area contributed by atoms with Gasteiger partial charge in [0.25, 0.3) is 5.09 Å². The molecule has 16 nitrogen and oxygen atoms in total. The number of hydrogen-bond donors (Lipinski definition) is 1. The van der Waals surface area contributed by atoms with E-state index in [1.807, 2.05) is 0 Å². The second-order valence-corrected chi connectivity index (χ2v) is 0.909. The van der Waals surface area contributed by atoms with Crippen LogP contribution in [0.3, 0.4) is 0 Å². The fraction of sp³-hybridized carbons (Fsp3) is 0. The molecule has 0 spiro atoms. The van der Waals surface area contributed by atoms with Crippen molar-refractivity contribution in [3.63, 3.8) is 0 Å². The molecule has 0 rings (SSSR count). The molecule has 0 radical (unpaired) electrons. The Labute approximate surface area is 102 Å². The molecule has 17 heavy (non-hydrogen) atoms. The molecule has 0 aromatic heterocycles. The molecule has 0 unspecified atom stereocenters. The summed E-state index contributed by atoms with van der Waals surface area (Å²) in [6.45, 7) is 0. The molecule has 0 amide bonds. The molecule has 0 aliphatic rings. The van der Waals surface area contributed by atoms with Crippen LogP contribution < -0.4 is 0 Å². The van der Waals surface area contributed by atoms with Crippen molar-refractivity contribution in [3.05, 3.63) is 56.1 Å². The molecule has 0 aromatic rings. The van der Waals surface area contributed by atoms with Gasteiger partial charge in [0.2, 0.25) is 0 Å². The van der Waals surface area contributed by atoms with Crippen molar-refractivity contribution in [2.45, 2.75) is 0 Å². The molecular formula is HN4O12Rh. The third-order valence-electron chi connectivity index (χ3n) is 0. The zero-order chi connectivity index (χ0) is 14.3. The van der Waals surface area contributed by atoms with Crippen molar-refractivity contribution in [2.24, 2.45) is 0 Å². The van der Waals surface area contributed by atoms with Gasteiger partial charge < -0.3 is 51.2 Å². The first-order valence-corrected chi connectivity index (χ1v) is 2.21. The summed E-state index contributed by atoms with van der Waals surface area (Å²) in [5, 5.41) is 57.9. The summed E-state index contributed by atoms with van der Waals surface area (Å²) in [4.78, 5) is 33.1. The predicted molar refractivity (Wildman–Crippen MR) is 39.9 cm³/mol. The molecule has 1 N–H and O–H groups in total. The first kappa shape index (κ1) is 29.3. The fourth-order valence-electron chi connectivity index (χ4n) is 0. The van der Waals surface area contributed by atoms with Crippen molar-refractivity contribution in [1.82, 2.24) is 0 Å². The molecular weight excluding hydrogens is 351 g/mol. The van der Waals surface area contributed by atoms with Crippen LogP contribution in [-0.4, -0.2) is 25.6 Å². The Morgan fingerprint density at radius 1 is 0.588 bits per heavy atom. The molecule has 0 aromatic carbocycles. The fourth-order valence-corrected chi connectivity index (χ4v) is 0. The Kier molecular flexibility index (Phi) is 40.2. The Balaban J connectivity index is -0.0000000369. The average Bonchev–Trinajstić information content (AvgIpc) is 1.76. The molecule has 0 saturated carbocycles. The van der Waals surface area contributed by atoms with Gasteiger partial charge in [-0.1, -0.05) is 0 Å². The smallest absolute Gasteiger partial charge is 0.356 e. The molecule has 17 heteroatoms. The monoisotopic (exact) mass is 352 g/mol. The van der Waals surface area contributed by atoms with Gasteiger partial charge in [-0.15, -0.1) is 10.1 Å². The van der Waals surface area contributed by atoms with Crippen LogP contribution in [0.1, 0.15) is 0 Å². The van der Waals surface area contributed by atoms with Crippen LogP contribution >= 0.6 is 0 Å². The molecule has 0 bridgehead atoms. The normalized spacial score (nSPS) is 5.65. The van der Waals surface area contributed by atoms with E-state index in [0.29, 0.717) is 0 Å². The Morgan fingerprint density at radius 2 is 0.588 bits per heavy atom. The van der Waals surface area contributed by atoms with Crippen molar-refractivity contribution < 1.29 is 45.0 Å². The first-order chi connectivity index (χ1) is 6.93. The van der Waals surface area contributed by atoms with Crippen LogP contribution in [0.15, 0.2) is 0 Å². The van der Waals surface area contributed by atoms with E-state index in [-0.39, 0.29) is 19.5 Å². The van der Waals surface area contributed by atoms with Gasteiger partial charge in [-0.2, -0.15) is 0 Å². The third kappa shape index (κ3) is 264. The minimum absolute atomic E-state index is 0. The number of rotatable bonds is 0. The van der Waals surface area contributed by atoms with E-state index in [1.165, 1.54) is 0 Å². The summed E-state index contributed by atoms with van der Waals surface area (Å²) in [5.74, 6) is 0. The van der Waals surface area contributed by atoms with Gasteiger partial charge in [-0.25, -0.2) is 0 Å². The minimum Gasteiger partial charge on any atom is -0.356 e. The maximum Gasteiger partial charge on any atom is 3.00 e. The van der Waals surface area contributed by atoms with Gasteiger partial charge in [0.1, 0.15) is 0 Å². The molecule has 0 saturated heterocycles. The molecule has 0 aliphatic heterocycles. The standard InChI is InChI=1S/HNO3.3NO3.Rh/c4*2-1(3)4;/h(H,2,3,4);;;;/q;3*-1;+3. The van der Waals surface area contributed by atoms with E-state index in [2.05, 4.69) is 0 Å². The van der Waals surface area contributed by atoms with E-state index in [0.717, 1.165) is 0 Å². The van der Waals surface area contributed by atoms with Gasteiger partial charge in [-0.05, 0) is 0 Å². The van der Waals surface area contributed by atoms with Gasteiger partial charge in [0.05, 0.1) is 15.3 Å². The summed E-state index contributed by atoms with van der Waals surface area (Å²) in [6.07, 6.45) is 0. The molecule has 102 valence electrons. The van der Waals surface area contributed by atoms with Crippen LogP contribution in [0.4, 0.5) is 0 Å². The van der Waals surface area contributed by atoms with Crippen molar-refractivity contribution in [3.8, 4) is 0 Å². The zero-order valence-corrected chi connectivity index (χ0v) is 8.70. The van der Waals surface area contributed by atoms with Crippen LogP contribution in [0.25, 0.3) is 0 Å². The van der Waals surface area contributed by atoms with Crippen LogP contribution in [-0.2, 0) is 19.5 Å². The Morgan fingerprint density at radius 3 is 0.588 bits per heavy atom. The van der Waals surface area contributed by atoms with E-state index in [1.54, 1.807) is 0 Å². The second-order valence-electron chi connectivity index (χ2n) is 0.909. The SMILES string of the molecule is O=[N+]([O-])O.O=[N+]([O-])[O-].O=[N+]([O-])[O-].O=[N+]([O-])[O-].[Rh+3]. The molecule has 0 fully saturated rings. The third-order valence-corrected chi connectivity index (χ3v) is 0. The quantitative estimate of drug-likeness (QED) is 0.310. The van der Waals surface area contributed by atoms with Crippen LogP contribution in [0.5, 0.6) is 0 Å². The number of hydrogen-bond acceptors (Lipinski definition) is 11. The summed E-state index contributed by atoms with van der Waals surface area (Å²) in [5.41, 5.74) is 0. The summed E-state index contributed by atoms with van der Waals surface area (Å²) in [6, 6.07) is 0. The van der Waals surface area contributed by atoms with Crippen LogP contribution in [0, 0.1) is 56.1 Å². The molecule has 0 atom stereocenters. The van der Waals surface area contributed by atoms with Gasteiger partial charge in [0, 0.05) is 0 Å². The molecule has 0 heterocycles. The van der Waals surface area contributed by atoms with E-state index in [4.69, 9.17) is 61.3 Å². The maximum absolute atomic E-state index is 8.36. The topological polar surface area (TPSA) is 262 Å². The zero-order valence-electron chi connectivity index (χ0n) is 7.06. The first-order valence-electron chi connectivity index (χ1n) is 2.21.